The Labute approximate surface area is 104 Å². The molecule has 100 valence electrons. The molecule has 0 spiro atoms. The van der Waals surface area contributed by atoms with Crippen LogP contribution in [0, 0.1) is 0 Å². The average molecular weight is 242 g/mol. The fourth-order valence-electron chi connectivity index (χ4n) is 2.73. The van der Waals surface area contributed by atoms with E-state index in [1.165, 1.54) is 12.8 Å². The van der Waals surface area contributed by atoms with Gasteiger partial charge in [0.25, 0.3) is 0 Å². The Morgan fingerprint density at radius 3 is 2.53 bits per heavy atom. The molecule has 1 aliphatic carbocycles. The van der Waals surface area contributed by atoms with Crippen molar-refractivity contribution in [3.05, 3.63) is 0 Å². The fraction of sp³-hybridized carbons (Fsp3) is 0.923. The van der Waals surface area contributed by atoms with Gasteiger partial charge in [0.1, 0.15) is 0 Å². The second-order valence-corrected chi connectivity index (χ2v) is 5.33. The molecule has 4 nitrogen and oxygen atoms in total. The molecule has 1 rings (SSSR count). The molecule has 0 aromatic carbocycles. The maximum atomic E-state index is 12.4. The maximum Gasteiger partial charge on any atom is 0.242 e. The SMILES string of the molecule is CCCC(C)(N)C(=O)N(CCO)C1CCCC1. The van der Waals surface area contributed by atoms with Crippen molar-refractivity contribution >= 4 is 5.91 Å². The van der Waals surface area contributed by atoms with E-state index in [1.54, 1.807) is 6.92 Å². The van der Waals surface area contributed by atoms with E-state index in [1.807, 2.05) is 11.8 Å². The maximum absolute atomic E-state index is 12.4. The lowest BCUT2D eigenvalue weighted by Crippen LogP contribution is -2.56. The molecule has 0 bridgehead atoms. The minimum absolute atomic E-state index is 0.000278. The Hall–Kier alpha value is -0.610. The molecule has 0 aliphatic heterocycles. The van der Waals surface area contributed by atoms with Gasteiger partial charge in [0.2, 0.25) is 5.91 Å². The Bertz CT molecular complexity index is 248. The normalized spacial score (nSPS) is 20.2. The molecule has 1 unspecified atom stereocenters. The van der Waals surface area contributed by atoms with E-state index in [2.05, 4.69) is 0 Å². The van der Waals surface area contributed by atoms with Crippen molar-refractivity contribution in [1.82, 2.24) is 4.90 Å². The zero-order valence-electron chi connectivity index (χ0n) is 11.1. The summed E-state index contributed by atoms with van der Waals surface area (Å²) in [5.74, 6) is 0.000278. The van der Waals surface area contributed by atoms with Crippen molar-refractivity contribution in [2.45, 2.75) is 64.0 Å². The van der Waals surface area contributed by atoms with Gasteiger partial charge in [-0.05, 0) is 26.2 Å². The number of hydrogen-bond donors (Lipinski definition) is 2. The van der Waals surface area contributed by atoms with Crippen LogP contribution in [0.3, 0.4) is 0 Å². The number of aliphatic hydroxyl groups is 1. The zero-order valence-corrected chi connectivity index (χ0v) is 11.1. The highest BCUT2D eigenvalue weighted by atomic mass is 16.3. The molecule has 3 N–H and O–H groups in total. The molecule has 0 radical (unpaired) electrons. The molecule has 1 aliphatic rings. The number of carbonyl (C=O) groups is 1. The third-order valence-electron chi connectivity index (χ3n) is 3.63. The van der Waals surface area contributed by atoms with Crippen LogP contribution in [-0.4, -0.2) is 40.6 Å². The summed E-state index contributed by atoms with van der Waals surface area (Å²) in [5, 5.41) is 9.11. The van der Waals surface area contributed by atoms with Crippen molar-refractivity contribution in [2.24, 2.45) is 5.73 Å². The van der Waals surface area contributed by atoms with Crippen molar-refractivity contribution in [3.8, 4) is 0 Å². The Kier molecular flexibility index (Phi) is 5.40. The predicted octanol–water partition coefficient (Wildman–Crippen LogP) is 1.27. The monoisotopic (exact) mass is 242 g/mol. The topological polar surface area (TPSA) is 66.6 Å². The van der Waals surface area contributed by atoms with Gasteiger partial charge in [-0.15, -0.1) is 0 Å². The molecule has 0 aromatic heterocycles. The number of carbonyl (C=O) groups excluding carboxylic acids is 1. The number of nitrogens with two attached hydrogens (primary N) is 1. The summed E-state index contributed by atoms with van der Waals surface area (Å²) in [4.78, 5) is 14.2. The molecule has 0 aromatic rings. The Balaban J connectivity index is 2.71. The summed E-state index contributed by atoms with van der Waals surface area (Å²) < 4.78 is 0. The van der Waals surface area contributed by atoms with E-state index < -0.39 is 5.54 Å². The summed E-state index contributed by atoms with van der Waals surface area (Å²) in [6, 6.07) is 0.286. The molecular formula is C13H26N2O2. The summed E-state index contributed by atoms with van der Waals surface area (Å²) in [7, 11) is 0. The molecule has 0 saturated heterocycles. The zero-order chi connectivity index (χ0) is 12.9. The van der Waals surface area contributed by atoms with E-state index in [0.717, 1.165) is 19.3 Å². The minimum atomic E-state index is -0.785. The Morgan fingerprint density at radius 1 is 1.47 bits per heavy atom. The highest BCUT2D eigenvalue weighted by Gasteiger charge is 2.35. The van der Waals surface area contributed by atoms with Crippen molar-refractivity contribution in [2.75, 3.05) is 13.2 Å². The van der Waals surface area contributed by atoms with Crippen molar-refractivity contribution in [3.63, 3.8) is 0 Å². The lowest BCUT2D eigenvalue weighted by atomic mass is 9.94. The first kappa shape index (κ1) is 14.5. The molecule has 1 fully saturated rings. The van der Waals surface area contributed by atoms with Crippen LogP contribution in [-0.2, 0) is 4.79 Å². The number of rotatable bonds is 6. The highest BCUT2D eigenvalue weighted by molar-refractivity contribution is 5.86. The van der Waals surface area contributed by atoms with Gasteiger partial charge < -0.3 is 15.7 Å². The van der Waals surface area contributed by atoms with Crippen LogP contribution < -0.4 is 5.73 Å². The van der Waals surface area contributed by atoms with Gasteiger partial charge in [-0.2, -0.15) is 0 Å². The lowest BCUT2D eigenvalue weighted by Gasteiger charge is -2.35. The number of nitrogens with zero attached hydrogens (tertiary/aromatic N) is 1. The minimum Gasteiger partial charge on any atom is -0.395 e. The van der Waals surface area contributed by atoms with Crippen LogP contribution in [0.15, 0.2) is 0 Å². The quantitative estimate of drug-likeness (QED) is 0.737. The van der Waals surface area contributed by atoms with Crippen LogP contribution in [0.2, 0.25) is 0 Å². The summed E-state index contributed by atoms with van der Waals surface area (Å²) in [6.45, 7) is 4.27. The predicted molar refractivity (Wildman–Crippen MR) is 68.6 cm³/mol. The first-order valence-electron chi connectivity index (χ1n) is 6.73. The summed E-state index contributed by atoms with van der Waals surface area (Å²) in [6.07, 6.45) is 6.04. The first-order chi connectivity index (χ1) is 8.03. The second-order valence-electron chi connectivity index (χ2n) is 5.33. The van der Waals surface area contributed by atoms with Gasteiger partial charge in [-0.25, -0.2) is 0 Å². The lowest BCUT2D eigenvalue weighted by molar-refractivity contribution is -0.139. The van der Waals surface area contributed by atoms with Crippen molar-refractivity contribution in [1.29, 1.82) is 0 Å². The summed E-state index contributed by atoms with van der Waals surface area (Å²) >= 11 is 0. The average Bonchev–Trinajstić information content (AvgIpc) is 2.78. The molecule has 4 heteroatoms. The van der Waals surface area contributed by atoms with Gasteiger partial charge in [-0.3, -0.25) is 4.79 Å². The molecule has 1 amide bonds. The van der Waals surface area contributed by atoms with Crippen molar-refractivity contribution < 1.29 is 9.90 Å². The largest absolute Gasteiger partial charge is 0.395 e. The molecule has 0 heterocycles. The Morgan fingerprint density at radius 2 is 2.06 bits per heavy atom. The number of hydrogen-bond acceptors (Lipinski definition) is 3. The van der Waals surface area contributed by atoms with Gasteiger partial charge in [0.15, 0.2) is 0 Å². The molecule has 17 heavy (non-hydrogen) atoms. The van der Waals surface area contributed by atoms with E-state index >= 15 is 0 Å². The van der Waals surface area contributed by atoms with E-state index in [0.29, 0.717) is 13.0 Å². The molecule has 1 atom stereocenters. The fourth-order valence-corrected chi connectivity index (χ4v) is 2.73. The highest BCUT2D eigenvalue weighted by Crippen LogP contribution is 2.25. The van der Waals surface area contributed by atoms with Crippen LogP contribution in [0.25, 0.3) is 0 Å². The first-order valence-corrected chi connectivity index (χ1v) is 6.73. The van der Waals surface area contributed by atoms with Crippen LogP contribution in [0.4, 0.5) is 0 Å². The van der Waals surface area contributed by atoms with E-state index in [-0.39, 0.29) is 18.6 Å². The van der Waals surface area contributed by atoms with Crippen LogP contribution >= 0.6 is 0 Å². The standard InChI is InChI=1S/C13H26N2O2/c1-3-8-13(2,14)12(17)15(9-10-16)11-6-4-5-7-11/h11,16H,3-10,14H2,1-2H3. The van der Waals surface area contributed by atoms with E-state index in [9.17, 15) is 4.79 Å². The van der Waals surface area contributed by atoms with E-state index in [4.69, 9.17) is 10.8 Å². The van der Waals surface area contributed by atoms with Gasteiger partial charge >= 0.3 is 0 Å². The third-order valence-corrected chi connectivity index (χ3v) is 3.63. The smallest absolute Gasteiger partial charge is 0.242 e. The molecule has 1 saturated carbocycles. The number of aliphatic hydroxyl groups excluding tert-OH is 1. The van der Waals surface area contributed by atoms with Gasteiger partial charge in [0.05, 0.1) is 12.1 Å². The summed E-state index contributed by atoms with van der Waals surface area (Å²) in [5.41, 5.74) is 5.31. The molecular weight excluding hydrogens is 216 g/mol. The van der Waals surface area contributed by atoms with Gasteiger partial charge in [0, 0.05) is 12.6 Å². The number of amides is 1. The third kappa shape index (κ3) is 3.68. The van der Waals surface area contributed by atoms with Crippen LogP contribution in [0.1, 0.15) is 52.4 Å². The van der Waals surface area contributed by atoms with Gasteiger partial charge in [-0.1, -0.05) is 26.2 Å². The van der Waals surface area contributed by atoms with Crippen LogP contribution in [0.5, 0.6) is 0 Å². The second kappa shape index (κ2) is 6.36.